The van der Waals surface area contributed by atoms with Crippen LogP contribution in [0.2, 0.25) is 0 Å². The molecule has 1 heterocycles. The Kier molecular flexibility index (Phi) is 8.94. The highest BCUT2D eigenvalue weighted by Gasteiger charge is 2.33. The van der Waals surface area contributed by atoms with Gasteiger partial charge in [-0.05, 0) is 75.7 Å². The number of hydrogen-bond acceptors (Lipinski definition) is 4. The first-order valence-corrected chi connectivity index (χ1v) is 12.2. The average molecular weight is 436 g/mol. The van der Waals surface area contributed by atoms with Gasteiger partial charge in [0.25, 0.3) is 0 Å². The van der Waals surface area contributed by atoms with Gasteiger partial charge in [0, 0.05) is 24.0 Å². The van der Waals surface area contributed by atoms with Crippen LogP contribution in [0.5, 0.6) is 0 Å². The van der Waals surface area contributed by atoms with Crippen molar-refractivity contribution in [2.75, 3.05) is 19.6 Å². The van der Waals surface area contributed by atoms with Crippen molar-refractivity contribution < 1.29 is 4.79 Å². The van der Waals surface area contributed by atoms with Crippen LogP contribution in [0, 0.1) is 28.6 Å². The maximum absolute atomic E-state index is 13.2. The van der Waals surface area contributed by atoms with Crippen molar-refractivity contribution in [3.05, 3.63) is 28.2 Å². The summed E-state index contributed by atoms with van der Waals surface area (Å²) in [6.45, 7) is 6.68. The molecule has 4 atom stereocenters. The van der Waals surface area contributed by atoms with E-state index in [2.05, 4.69) is 47.5 Å². The minimum atomic E-state index is -0.159. The molecule has 2 aliphatic carbocycles. The topological polar surface area (TPSA) is 61.8 Å². The van der Waals surface area contributed by atoms with Gasteiger partial charge in [-0.1, -0.05) is 48.9 Å². The second-order valence-electron chi connectivity index (χ2n) is 9.65. The Morgan fingerprint density at radius 1 is 1.23 bits per heavy atom. The highest BCUT2D eigenvalue weighted by atomic mass is 35.5. The van der Waals surface area contributed by atoms with E-state index in [4.69, 9.17) is 11.6 Å². The van der Waals surface area contributed by atoms with Crippen LogP contribution in [0.3, 0.4) is 0 Å². The summed E-state index contributed by atoms with van der Waals surface area (Å²) in [5.41, 5.74) is 0. The Morgan fingerprint density at radius 2 is 2.00 bits per heavy atom. The zero-order chi connectivity index (χ0) is 21.5. The van der Waals surface area contributed by atoms with Gasteiger partial charge < -0.3 is 10.2 Å². The Labute approximate surface area is 186 Å². The molecule has 3 aliphatic rings. The molecule has 5 nitrogen and oxygen atoms in total. The van der Waals surface area contributed by atoms with Gasteiger partial charge >= 0.3 is 0 Å². The summed E-state index contributed by atoms with van der Waals surface area (Å²) in [4.78, 5) is 26.4. The lowest BCUT2D eigenvalue weighted by atomic mass is 9.78. The fraction of sp³-hybridized carbons (Fsp3) is 0.792. The van der Waals surface area contributed by atoms with Crippen molar-refractivity contribution >= 4 is 17.5 Å². The maximum atomic E-state index is 13.2. The van der Waals surface area contributed by atoms with Crippen LogP contribution in [-0.2, 0) is 4.79 Å². The number of nitroso groups, excluding NO2 is 1. The molecular weight excluding hydrogens is 398 g/mol. The molecule has 1 saturated heterocycles. The highest BCUT2D eigenvalue weighted by Crippen LogP contribution is 2.36. The summed E-state index contributed by atoms with van der Waals surface area (Å²) < 4.78 is 0. The number of amides is 1. The number of carbonyl (C=O) groups excluding carboxylic acids is 1. The molecule has 0 bridgehead atoms. The van der Waals surface area contributed by atoms with E-state index in [1.165, 1.54) is 6.42 Å². The standard InChI is InChI=1S/C24H38ClN3O2/c1-17(2)23(26-14-11-20-5-3-4-6-22(20)27-30)24(29)28-15-12-19(13-16-28)18-7-9-21(25)10-8-18/h3,5,9,17-20,22-23,26H,4,6-8,10-16H2,1-2H3/t18?,20?,22?,23-/m1/s1. The average Bonchev–Trinajstić information content (AvgIpc) is 2.77. The van der Waals surface area contributed by atoms with Gasteiger partial charge in [0.05, 0.1) is 12.1 Å². The van der Waals surface area contributed by atoms with Crippen molar-refractivity contribution in [3.8, 4) is 0 Å². The third kappa shape index (κ3) is 6.16. The highest BCUT2D eigenvalue weighted by molar-refractivity contribution is 6.29. The van der Waals surface area contributed by atoms with E-state index in [1.54, 1.807) is 0 Å². The molecule has 1 amide bonds. The largest absolute Gasteiger partial charge is 0.341 e. The number of halogens is 1. The molecule has 6 heteroatoms. The third-order valence-electron chi connectivity index (χ3n) is 7.33. The second-order valence-corrected chi connectivity index (χ2v) is 10.1. The Morgan fingerprint density at radius 3 is 2.63 bits per heavy atom. The Bertz CT molecular complexity index is 640. The molecule has 168 valence electrons. The summed E-state index contributed by atoms with van der Waals surface area (Å²) in [6, 6.07) is -0.276. The number of nitrogens with one attached hydrogen (secondary N) is 1. The molecule has 0 spiro atoms. The molecule has 30 heavy (non-hydrogen) atoms. The number of allylic oxidation sites excluding steroid dienone is 3. The molecule has 0 radical (unpaired) electrons. The van der Waals surface area contributed by atoms with E-state index >= 15 is 0 Å². The van der Waals surface area contributed by atoms with E-state index in [0.717, 1.165) is 75.5 Å². The minimum absolute atomic E-state index is 0.117. The van der Waals surface area contributed by atoms with Crippen molar-refractivity contribution in [1.82, 2.24) is 10.2 Å². The van der Waals surface area contributed by atoms with Crippen LogP contribution in [0.25, 0.3) is 0 Å². The van der Waals surface area contributed by atoms with E-state index in [-0.39, 0.29) is 29.8 Å². The molecule has 0 aromatic rings. The van der Waals surface area contributed by atoms with Crippen molar-refractivity contribution in [3.63, 3.8) is 0 Å². The fourth-order valence-corrected chi connectivity index (χ4v) is 5.55. The van der Waals surface area contributed by atoms with Gasteiger partial charge in [-0.25, -0.2) is 0 Å². The van der Waals surface area contributed by atoms with E-state index in [9.17, 15) is 9.70 Å². The first-order valence-electron chi connectivity index (χ1n) is 11.9. The molecule has 1 N–H and O–H groups in total. The lowest BCUT2D eigenvalue weighted by molar-refractivity contribution is -0.136. The van der Waals surface area contributed by atoms with Gasteiger partial charge in [0.15, 0.2) is 0 Å². The maximum Gasteiger partial charge on any atom is 0.239 e. The van der Waals surface area contributed by atoms with Gasteiger partial charge in [-0.15, -0.1) is 0 Å². The number of piperidine rings is 1. The monoisotopic (exact) mass is 435 g/mol. The predicted octanol–water partition coefficient (Wildman–Crippen LogP) is 5.25. The van der Waals surface area contributed by atoms with Crippen molar-refractivity contribution in [2.45, 2.75) is 77.3 Å². The molecule has 1 fully saturated rings. The smallest absolute Gasteiger partial charge is 0.239 e. The lowest BCUT2D eigenvalue weighted by Gasteiger charge is -2.39. The summed E-state index contributed by atoms with van der Waals surface area (Å²) in [7, 11) is 0. The third-order valence-corrected chi connectivity index (χ3v) is 7.67. The van der Waals surface area contributed by atoms with Gasteiger partial charge in [0.2, 0.25) is 5.91 Å². The SMILES string of the molecule is CC(C)[C@@H](NCCC1C=CCCC1N=O)C(=O)N1CCC(C2CC=C(Cl)CC2)CC1. The Hall–Kier alpha value is -1.20. The lowest BCUT2D eigenvalue weighted by Crippen LogP contribution is -2.52. The molecule has 1 aliphatic heterocycles. The zero-order valence-electron chi connectivity index (χ0n) is 18.6. The summed E-state index contributed by atoms with van der Waals surface area (Å²) in [6.07, 6.45) is 14.6. The first-order chi connectivity index (χ1) is 14.5. The molecule has 3 unspecified atom stereocenters. The van der Waals surface area contributed by atoms with Gasteiger partial charge in [-0.2, -0.15) is 4.91 Å². The number of nitrogens with zero attached hydrogens (tertiary/aromatic N) is 2. The van der Waals surface area contributed by atoms with Crippen LogP contribution in [0.15, 0.2) is 28.4 Å². The molecule has 0 aromatic carbocycles. The van der Waals surface area contributed by atoms with E-state index in [1.807, 2.05) is 0 Å². The normalized spacial score (nSPS) is 29.0. The van der Waals surface area contributed by atoms with Gasteiger partial charge in [-0.3, -0.25) is 4.79 Å². The number of likely N-dealkylation sites (tertiary alicyclic amines) is 1. The van der Waals surface area contributed by atoms with Crippen LogP contribution in [-0.4, -0.2) is 42.5 Å². The summed E-state index contributed by atoms with van der Waals surface area (Å²) in [5, 5.41) is 7.82. The molecule has 0 aromatic heterocycles. The first kappa shape index (κ1) is 23.5. The summed E-state index contributed by atoms with van der Waals surface area (Å²) >= 11 is 6.13. The number of carbonyl (C=O) groups is 1. The molecule has 0 saturated carbocycles. The predicted molar refractivity (Wildman–Crippen MR) is 123 cm³/mol. The van der Waals surface area contributed by atoms with Crippen LogP contribution in [0.4, 0.5) is 0 Å². The number of rotatable bonds is 8. The van der Waals surface area contributed by atoms with E-state index < -0.39 is 0 Å². The zero-order valence-corrected chi connectivity index (χ0v) is 19.3. The fourth-order valence-electron chi connectivity index (χ4n) is 5.35. The van der Waals surface area contributed by atoms with Crippen LogP contribution in [0.1, 0.15) is 65.2 Å². The summed E-state index contributed by atoms with van der Waals surface area (Å²) in [5.74, 6) is 2.11. The van der Waals surface area contributed by atoms with Gasteiger partial charge in [0.1, 0.15) is 0 Å². The molecular formula is C24H38ClN3O2. The van der Waals surface area contributed by atoms with Crippen molar-refractivity contribution in [1.29, 1.82) is 0 Å². The van der Waals surface area contributed by atoms with Crippen LogP contribution >= 0.6 is 11.6 Å². The quantitative estimate of drug-likeness (QED) is 0.418. The Balaban J connectivity index is 1.46. The number of hydrogen-bond donors (Lipinski definition) is 1. The van der Waals surface area contributed by atoms with Crippen molar-refractivity contribution in [2.24, 2.45) is 28.8 Å². The second kappa shape index (κ2) is 11.4. The minimum Gasteiger partial charge on any atom is -0.341 e. The van der Waals surface area contributed by atoms with Crippen LogP contribution < -0.4 is 5.32 Å². The van der Waals surface area contributed by atoms with E-state index in [0.29, 0.717) is 5.92 Å². The molecule has 3 rings (SSSR count).